The summed E-state index contributed by atoms with van der Waals surface area (Å²) in [6.07, 6.45) is -10.6. The van der Waals surface area contributed by atoms with Crippen molar-refractivity contribution in [3.63, 3.8) is 0 Å². The second-order valence-corrected chi connectivity index (χ2v) is 7.43. The zero-order valence-corrected chi connectivity index (χ0v) is 17.1. The van der Waals surface area contributed by atoms with Gasteiger partial charge in [0.25, 0.3) is 11.1 Å². The number of hydrogen-bond donors (Lipinski definition) is 2. The summed E-state index contributed by atoms with van der Waals surface area (Å²) < 4.78 is 86.0. The Morgan fingerprint density at radius 2 is 1.61 bits per heavy atom. The van der Waals surface area contributed by atoms with Crippen LogP contribution in [0.2, 0.25) is 0 Å². The molecule has 1 aliphatic rings. The Bertz CT molecular complexity index is 1320. The van der Waals surface area contributed by atoms with Gasteiger partial charge in [-0.3, -0.25) is 19.3 Å². The Labute approximate surface area is 186 Å². The lowest BCUT2D eigenvalue weighted by molar-refractivity contribution is -0.301. The molecule has 4 rings (SSSR count). The van der Waals surface area contributed by atoms with E-state index in [-0.39, 0.29) is 22.6 Å². The highest BCUT2D eigenvalue weighted by Crippen LogP contribution is 2.55. The van der Waals surface area contributed by atoms with E-state index in [9.17, 15) is 31.1 Å². The molecule has 172 valence electrons. The van der Waals surface area contributed by atoms with Crippen molar-refractivity contribution in [1.29, 1.82) is 0 Å². The van der Waals surface area contributed by atoms with Crippen LogP contribution in [-0.4, -0.2) is 32.7 Å². The molecule has 0 unspecified atom stereocenters. The first-order valence-corrected chi connectivity index (χ1v) is 9.70. The van der Waals surface area contributed by atoms with Crippen LogP contribution in [0.25, 0.3) is 0 Å². The molecule has 0 bridgehead atoms. The fourth-order valence-corrected chi connectivity index (χ4v) is 3.76. The number of aliphatic imine (C=N–C) groups is 1. The van der Waals surface area contributed by atoms with Crippen LogP contribution in [-0.2, 0) is 12.1 Å². The highest BCUT2D eigenvalue weighted by molar-refractivity contribution is 7.71. The first-order valence-electron chi connectivity index (χ1n) is 9.29. The average Bonchev–Trinajstić information content (AvgIpc) is 2.75. The number of pyridine rings is 1. The fraction of sp³-hybridized carbons (Fsp3) is 0.200. The van der Waals surface area contributed by atoms with Crippen molar-refractivity contribution in [1.82, 2.24) is 14.5 Å². The molecule has 33 heavy (non-hydrogen) atoms. The minimum absolute atomic E-state index is 0.0448. The molecule has 3 heterocycles. The molecule has 0 saturated heterocycles. The first-order chi connectivity index (χ1) is 15.5. The van der Waals surface area contributed by atoms with Gasteiger partial charge in [0, 0.05) is 11.8 Å². The Morgan fingerprint density at radius 1 is 0.970 bits per heavy atom. The maximum Gasteiger partial charge on any atom is 0.427 e. The van der Waals surface area contributed by atoms with Crippen molar-refractivity contribution in [3.05, 3.63) is 86.7 Å². The van der Waals surface area contributed by atoms with Crippen LogP contribution in [0.1, 0.15) is 16.8 Å². The fourth-order valence-electron chi connectivity index (χ4n) is 3.51. The summed E-state index contributed by atoms with van der Waals surface area (Å²) >= 11 is 5.08. The quantitative estimate of drug-likeness (QED) is 0.422. The van der Waals surface area contributed by atoms with Crippen molar-refractivity contribution >= 4 is 23.9 Å². The molecule has 0 radical (unpaired) electrons. The molecular formula is C20H13F6N5OS. The number of nitrogens with zero attached hydrogens (tertiary/aromatic N) is 3. The SMILES string of the molecule is O=c1[nH]c(=S)n(Cc2ccccn2)c2c1C(C(F)(F)F)(C(F)(F)F)N=C(c1ccccc1)N2. The van der Waals surface area contributed by atoms with Gasteiger partial charge in [-0.25, -0.2) is 4.99 Å². The molecule has 0 saturated carbocycles. The normalized spacial score (nSPS) is 15.4. The van der Waals surface area contributed by atoms with Gasteiger partial charge in [0.05, 0.1) is 12.2 Å². The van der Waals surface area contributed by atoms with Crippen molar-refractivity contribution < 1.29 is 26.3 Å². The number of nitrogens with one attached hydrogen (secondary N) is 2. The average molecular weight is 485 g/mol. The molecule has 1 aliphatic heterocycles. The van der Waals surface area contributed by atoms with E-state index in [1.165, 1.54) is 42.6 Å². The second-order valence-electron chi connectivity index (χ2n) is 7.05. The largest absolute Gasteiger partial charge is 0.427 e. The van der Waals surface area contributed by atoms with E-state index in [4.69, 9.17) is 12.2 Å². The zero-order valence-electron chi connectivity index (χ0n) is 16.3. The molecule has 0 spiro atoms. The van der Waals surface area contributed by atoms with Crippen LogP contribution in [0.4, 0.5) is 32.2 Å². The van der Waals surface area contributed by atoms with Crippen LogP contribution >= 0.6 is 12.2 Å². The number of aromatic amines is 1. The van der Waals surface area contributed by atoms with Crippen LogP contribution in [0, 0.1) is 4.77 Å². The second kappa shape index (κ2) is 7.83. The number of amidine groups is 1. The van der Waals surface area contributed by atoms with Crippen LogP contribution in [0.15, 0.2) is 64.5 Å². The number of anilines is 1. The minimum atomic E-state index is -6.00. The Balaban J connectivity index is 2.10. The van der Waals surface area contributed by atoms with Gasteiger partial charge in [-0.2, -0.15) is 26.3 Å². The molecule has 0 aliphatic carbocycles. The molecule has 6 nitrogen and oxygen atoms in total. The predicted molar refractivity (Wildman–Crippen MR) is 110 cm³/mol. The monoisotopic (exact) mass is 485 g/mol. The number of aromatic nitrogens is 3. The van der Waals surface area contributed by atoms with Gasteiger partial charge in [0.1, 0.15) is 17.2 Å². The van der Waals surface area contributed by atoms with Gasteiger partial charge < -0.3 is 5.32 Å². The van der Waals surface area contributed by atoms with E-state index in [2.05, 4.69) is 15.3 Å². The first kappa shape index (κ1) is 22.7. The van der Waals surface area contributed by atoms with E-state index in [0.29, 0.717) is 0 Å². The van der Waals surface area contributed by atoms with E-state index >= 15 is 0 Å². The summed E-state index contributed by atoms with van der Waals surface area (Å²) in [7, 11) is 0. The molecule has 0 atom stereocenters. The summed E-state index contributed by atoms with van der Waals surface area (Å²) in [6, 6.07) is 11.7. The summed E-state index contributed by atoms with van der Waals surface area (Å²) in [5, 5.41) is 2.48. The lowest BCUT2D eigenvalue weighted by atomic mass is 9.87. The van der Waals surface area contributed by atoms with Crippen molar-refractivity contribution in [2.75, 3.05) is 5.32 Å². The summed E-state index contributed by atoms with van der Waals surface area (Å²) in [5.41, 5.74) is -7.87. The maximum absolute atomic E-state index is 14.2. The zero-order chi connectivity index (χ0) is 24.0. The molecule has 0 amide bonds. The minimum Gasteiger partial charge on any atom is -0.326 e. The van der Waals surface area contributed by atoms with Gasteiger partial charge in [0.2, 0.25) is 0 Å². The molecule has 1 aromatic carbocycles. The van der Waals surface area contributed by atoms with Gasteiger partial charge in [-0.1, -0.05) is 36.4 Å². The molecule has 2 aromatic heterocycles. The Morgan fingerprint density at radius 3 is 2.18 bits per heavy atom. The maximum atomic E-state index is 14.2. The summed E-state index contributed by atoms with van der Waals surface area (Å²) in [5.74, 6) is -1.48. The number of rotatable bonds is 3. The Hall–Kier alpha value is -3.48. The van der Waals surface area contributed by atoms with Crippen molar-refractivity contribution in [3.8, 4) is 0 Å². The van der Waals surface area contributed by atoms with Crippen molar-refractivity contribution in [2.24, 2.45) is 4.99 Å². The summed E-state index contributed by atoms with van der Waals surface area (Å²) in [4.78, 5) is 21.6. The van der Waals surface area contributed by atoms with Crippen LogP contribution in [0.5, 0.6) is 0 Å². The third-order valence-electron chi connectivity index (χ3n) is 4.99. The van der Waals surface area contributed by atoms with Crippen molar-refractivity contribution in [2.45, 2.75) is 24.4 Å². The van der Waals surface area contributed by atoms with E-state index in [1.807, 2.05) is 4.98 Å². The van der Waals surface area contributed by atoms with Crippen LogP contribution in [0.3, 0.4) is 0 Å². The predicted octanol–water partition coefficient (Wildman–Crippen LogP) is 4.54. The van der Waals surface area contributed by atoms with E-state index in [1.54, 1.807) is 12.1 Å². The third kappa shape index (κ3) is 3.71. The highest BCUT2D eigenvalue weighted by atomic mass is 32.1. The molecule has 2 N–H and O–H groups in total. The number of fused-ring (bicyclic) bond motifs is 1. The number of benzene rings is 1. The number of H-pyrrole nitrogens is 1. The van der Waals surface area contributed by atoms with Gasteiger partial charge >= 0.3 is 12.4 Å². The van der Waals surface area contributed by atoms with E-state index in [0.717, 1.165) is 4.57 Å². The lowest BCUT2D eigenvalue weighted by Crippen LogP contribution is -2.58. The highest BCUT2D eigenvalue weighted by Gasteiger charge is 2.75. The standard InChI is InChI=1S/C20H13F6N5OS/c21-19(22,23)18(20(24,25)26)13-15(28-14(30-18)11-6-2-1-3-7-11)31(17(33)29-16(13)32)10-12-8-4-5-9-27-12/h1-9H,10H2,(H,28,30)(H,29,32,33). The number of halogens is 6. The van der Waals surface area contributed by atoms with Crippen LogP contribution < -0.4 is 10.9 Å². The molecule has 13 heteroatoms. The number of hydrogen-bond acceptors (Lipinski definition) is 5. The van der Waals surface area contributed by atoms with Gasteiger partial charge in [-0.05, 0) is 24.4 Å². The van der Waals surface area contributed by atoms with E-state index < -0.39 is 40.7 Å². The Kier molecular flexibility index (Phi) is 5.39. The molecule has 3 aromatic rings. The topological polar surface area (TPSA) is 75.1 Å². The van der Waals surface area contributed by atoms with Gasteiger partial charge in [-0.15, -0.1) is 0 Å². The summed E-state index contributed by atoms with van der Waals surface area (Å²) in [6.45, 7) is -0.306. The smallest absolute Gasteiger partial charge is 0.326 e. The molecule has 0 fully saturated rings. The third-order valence-corrected chi connectivity index (χ3v) is 5.31. The molecular weight excluding hydrogens is 472 g/mol. The van der Waals surface area contributed by atoms with Gasteiger partial charge in [0.15, 0.2) is 4.77 Å². The lowest BCUT2D eigenvalue weighted by Gasteiger charge is -2.38. The number of alkyl halides is 6.